The van der Waals surface area contributed by atoms with Gasteiger partial charge in [0.1, 0.15) is 0 Å². The molecule has 102 valence electrons. The second-order valence-electron chi connectivity index (χ2n) is 4.36. The lowest BCUT2D eigenvalue weighted by Crippen LogP contribution is -2.42. The third-order valence-electron chi connectivity index (χ3n) is 2.75. The number of urea groups is 1. The quantitative estimate of drug-likeness (QED) is 0.580. The standard InChI is InChI=1S/C13H28N2O2/c1-3-5-7-9-14-13(17)15(11-12-16)10-8-6-4-2/h16H,3-12H2,1-2H3,(H,14,17). The van der Waals surface area contributed by atoms with E-state index in [1.54, 1.807) is 4.90 Å². The average Bonchev–Trinajstić information content (AvgIpc) is 2.33. The van der Waals surface area contributed by atoms with Crippen molar-refractivity contribution < 1.29 is 9.90 Å². The number of hydrogen-bond donors (Lipinski definition) is 2. The molecule has 0 aliphatic carbocycles. The van der Waals surface area contributed by atoms with E-state index in [9.17, 15) is 4.79 Å². The minimum Gasteiger partial charge on any atom is -0.395 e. The molecule has 0 bridgehead atoms. The summed E-state index contributed by atoms with van der Waals surface area (Å²) in [6.07, 6.45) is 6.63. The fraction of sp³-hybridized carbons (Fsp3) is 0.923. The number of aliphatic hydroxyl groups is 1. The van der Waals surface area contributed by atoms with E-state index in [1.165, 1.54) is 0 Å². The van der Waals surface area contributed by atoms with Crippen molar-refractivity contribution in [2.45, 2.75) is 52.4 Å². The Morgan fingerprint density at radius 3 is 2.29 bits per heavy atom. The van der Waals surface area contributed by atoms with Crippen LogP contribution in [0.4, 0.5) is 4.79 Å². The summed E-state index contributed by atoms with van der Waals surface area (Å²) in [5.74, 6) is 0. The molecule has 4 heteroatoms. The summed E-state index contributed by atoms with van der Waals surface area (Å²) >= 11 is 0. The van der Waals surface area contributed by atoms with Gasteiger partial charge in [0.25, 0.3) is 0 Å². The van der Waals surface area contributed by atoms with Gasteiger partial charge in [-0.05, 0) is 12.8 Å². The van der Waals surface area contributed by atoms with Gasteiger partial charge in [-0.2, -0.15) is 0 Å². The molecule has 2 amide bonds. The van der Waals surface area contributed by atoms with Crippen molar-refractivity contribution in [3.05, 3.63) is 0 Å². The normalized spacial score (nSPS) is 10.3. The molecule has 0 rings (SSSR count). The first-order valence-electron chi connectivity index (χ1n) is 6.89. The summed E-state index contributed by atoms with van der Waals surface area (Å²) in [5.41, 5.74) is 0. The number of carbonyl (C=O) groups excluding carboxylic acids is 1. The summed E-state index contributed by atoms with van der Waals surface area (Å²) in [6.45, 7) is 6.24. The Balaban J connectivity index is 3.79. The molecule has 0 saturated heterocycles. The summed E-state index contributed by atoms with van der Waals surface area (Å²) in [7, 11) is 0. The van der Waals surface area contributed by atoms with Crippen molar-refractivity contribution in [2.75, 3.05) is 26.2 Å². The van der Waals surface area contributed by atoms with Gasteiger partial charge in [-0.15, -0.1) is 0 Å². The van der Waals surface area contributed by atoms with Crippen molar-refractivity contribution in [1.29, 1.82) is 0 Å². The Morgan fingerprint density at radius 1 is 1.06 bits per heavy atom. The smallest absolute Gasteiger partial charge is 0.317 e. The average molecular weight is 244 g/mol. The molecule has 0 aromatic carbocycles. The predicted molar refractivity (Wildman–Crippen MR) is 71.1 cm³/mol. The minimum absolute atomic E-state index is 0.0359. The molecule has 0 radical (unpaired) electrons. The molecule has 17 heavy (non-hydrogen) atoms. The van der Waals surface area contributed by atoms with E-state index in [1.807, 2.05) is 0 Å². The van der Waals surface area contributed by atoms with Crippen LogP contribution >= 0.6 is 0 Å². The largest absolute Gasteiger partial charge is 0.395 e. The lowest BCUT2D eigenvalue weighted by molar-refractivity contribution is 0.176. The Labute approximate surface area is 105 Å². The molecular weight excluding hydrogens is 216 g/mol. The van der Waals surface area contributed by atoms with E-state index >= 15 is 0 Å². The van der Waals surface area contributed by atoms with E-state index in [4.69, 9.17) is 5.11 Å². The Hall–Kier alpha value is -0.770. The molecule has 0 aromatic rings. The summed E-state index contributed by atoms with van der Waals surface area (Å²) in [4.78, 5) is 13.5. The molecule has 4 nitrogen and oxygen atoms in total. The molecular formula is C13H28N2O2. The molecule has 0 saturated carbocycles. The van der Waals surface area contributed by atoms with E-state index in [0.717, 1.165) is 51.6 Å². The van der Waals surface area contributed by atoms with Crippen LogP contribution in [0.25, 0.3) is 0 Å². The highest BCUT2D eigenvalue weighted by molar-refractivity contribution is 5.74. The van der Waals surface area contributed by atoms with Gasteiger partial charge in [0.2, 0.25) is 0 Å². The first-order valence-corrected chi connectivity index (χ1v) is 6.89. The number of nitrogens with one attached hydrogen (secondary N) is 1. The van der Waals surface area contributed by atoms with Crippen LogP contribution in [0.15, 0.2) is 0 Å². The zero-order valence-electron chi connectivity index (χ0n) is 11.4. The number of hydrogen-bond acceptors (Lipinski definition) is 2. The topological polar surface area (TPSA) is 52.6 Å². The molecule has 0 atom stereocenters. The number of rotatable bonds is 10. The zero-order chi connectivity index (χ0) is 12.9. The Bertz CT molecular complexity index is 186. The highest BCUT2D eigenvalue weighted by Crippen LogP contribution is 1.99. The van der Waals surface area contributed by atoms with Crippen LogP contribution in [0.1, 0.15) is 52.4 Å². The maximum Gasteiger partial charge on any atom is 0.317 e. The number of carbonyl (C=O) groups is 1. The third kappa shape index (κ3) is 8.98. The highest BCUT2D eigenvalue weighted by Gasteiger charge is 2.11. The molecule has 2 N–H and O–H groups in total. The summed E-state index contributed by atoms with van der Waals surface area (Å²) in [6, 6.07) is -0.0359. The van der Waals surface area contributed by atoms with Crippen molar-refractivity contribution in [1.82, 2.24) is 10.2 Å². The van der Waals surface area contributed by atoms with E-state index in [2.05, 4.69) is 19.2 Å². The van der Waals surface area contributed by atoms with Gasteiger partial charge in [-0.1, -0.05) is 39.5 Å². The molecule has 0 aromatic heterocycles. The van der Waals surface area contributed by atoms with Crippen molar-refractivity contribution >= 4 is 6.03 Å². The molecule has 0 aliphatic rings. The van der Waals surface area contributed by atoms with Crippen LogP contribution in [0.3, 0.4) is 0 Å². The molecule has 0 unspecified atom stereocenters. The fourth-order valence-corrected chi connectivity index (χ4v) is 1.67. The van der Waals surface area contributed by atoms with Gasteiger partial charge in [-0.3, -0.25) is 0 Å². The maximum absolute atomic E-state index is 11.8. The molecule has 0 heterocycles. The molecule has 0 aliphatic heterocycles. The van der Waals surface area contributed by atoms with Gasteiger partial charge in [-0.25, -0.2) is 4.79 Å². The number of nitrogens with zero attached hydrogens (tertiary/aromatic N) is 1. The second kappa shape index (κ2) is 11.7. The zero-order valence-corrected chi connectivity index (χ0v) is 11.4. The Kier molecular flexibility index (Phi) is 11.2. The van der Waals surface area contributed by atoms with Crippen LogP contribution in [0, 0.1) is 0 Å². The number of amides is 2. The van der Waals surface area contributed by atoms with E-state index in [-0.39, 0.29) is 12.6 Å². The van der Waals surface area contributed by atoms with Gasteiger partial charge < -0.3 is 15.3 Å². The number of aliphatic hydroxyl groups excluding tert-OH is 1. The molecule has 0 fully saturated rings. The Morgan fingerprint density at radius 2 is 1.71 bits per heavy atom. The van der Waals surface area contributed by atoms with E-state index < -0.39 is 0 Å². The van der Waals surface area contributed by atoms with Gasteiger partial charge in [0.05, 0.1) is 6.61 Å². The van der Waals surface area contributed by atoms with Crippen molar-refractivity contribution in [3.8, 4) is 0 Å². The summed E-state index contributed by atoms with van der Waals surface area (Å²) < 4.78 is 0. The van der Waals surface area contributed by atoms with Crippen molar-refractivity contribution in [3.63, 3.8) is 0 Å². The lowest BCUT2D eigenvalue weighted by atomic mass is 10.2. The van der Waals surface area contributed by atoms with Gasteiger partial charge in [0.15, 0.2) is 0 Å². The molecule has 0 spiro atoms. The lowest BCUT2D eigenvalue weighted by Gasteiger charge is -2.22. The third-order valence-corrected chi connectivity index (χ3v) is 2.75. The highest BCUT2D eigenvalue weighted by atomic mass is 16.3. The first kappa shape index (κ1) is 16.2. The van der Waals surface area contributed by atoms with Crippen LogP contribution in [-0.2, 0) is 0 Å². The monoisotopic (exact) mass is 244 g/mol. The maximum atomic E-state index is 11.8. The van der Waals surface area contributed by atoms with Gasteiger partial charge in [0, 0.05) is 19.6 Å². The van der Waals surface area contributed by atoms with Crippen LogP contribution < -0.4 is 5.32 Å². The predicted octanol–water partition coefficient (Wildman–Crippen LogP) is 2.37. The second-order valence-corrected chi connectivity index (χ2v) is 4.36. The SMILES string of the molecule is CCCCCNC(=O)N(CCO)CCCCC. The van der Waals surface area contributed by atoms with Crippen LogP contribution in [-0.4, -0.2) is 42.3 Å². The van der Waals surface area contributed by atoms with E-state index in [0.29, 0.717) is 6.54 Å². The fourth-order valence-electron chi connectivity index (χ4n) is 1.67. The first-order chi connectivity index (χ1) is 8.26. The van der Waals surface area contributed by atoms with Crippen molar-refractivity contribution in [2.24, 2.45) is 0 Å². The van der Waals surface area contributed by atoms with Crippen LogP contribution in [0.5, 0.6) is 0 Å². The minimum atomic E-state index is -0.0359. The summed E-state index contributed by atoms with van der Waals surface area (Å²) in [5, 5.41) is 11.8. The van der Waals surface area contributed by atoms with Gasteiger partial charge >= 0.3 is 6.03 Å². The van der Waals surface area contributed by atoms with Crippen LogP contribution in [0.2, 0.25) is 0 Å². The number of unbranched alkanes of at least 4 members (excludes halogenated alkanes) is 4.